The number of hydrogen-bond donors (Lipinski definition) is 2. The Morgan fingerprint density at radius 2 is 2.00 bits per heavy atom. The third-order valence-electron chi connectivity index (χ3n) is 3.18. The molecule has 0 unspecified atom stereocenters. The highest BCUT2D eigenvalue weighted by Crippen LogP contribution is 2.35. The number of hydrazine groups is 1. The van der Waals surface area contributed by atoms with Crippen molar-refractivity contribution in [3.8, 4) is 0 Å². The SMILES string of the molecule is C[C@H](CC(=O)NNc1cnccn1)c1ccccc1C(F)(F)F. The van der Waals surface area contributed by atoms with Gasteiger partial charge in [-0.25, -0.2) is 4.98 Å². The molecule has 1 atom stereocenters. The van der Waals surface area contributed by atoms with Crippen molar-refractivity contribution in [2.24, 2.45) is 0 Å². The fourth-order valence-corrected chi connectivity index (χ4v) is 2.12. The van der Waals surface area contributed by atoms with Gasteiger partial charge in [0, 0.05) is 18.8 Å². The summed E-state index contributed by atoms with van der Waals surface area (Å²) >= 11 is 0. The molecule has 1 amide bonds. The van der Waals surface area contributed by atoms with Crippen LogP contribution in [-0.4, -0.2) is 15.9 Å². The van der Waals surface area contributed by atoms with Crippen molar-refractivity contribution >= 4 is 11.7 Å². The van der Waals surface area contributed by atoms with Crippen molar-refractivity contribution < 1.29 is 18.0 Å². The van der Waals surface area contributed by atoms with Crippen LogP contribution in [0, 0.1) is 0 Å². The van der Waals surface area contributed by atoms with Crippen LogP contribution >= 0.6 is 0 Å². The van der Waals surface area contributed by atoms with Gasteiger partial charge in [-0.1, -0.05) is 25.1 Å². The van der Waals surface area contributed by atoms with Gasteiger partial charge in [0.05, 0.1) is 11.8 Å². The Morgan fingerprint density at radius 1 is 1.26 bits per heavy atom. The molecule has 0 aliphatic rings. The minimum atomic E-state index is -4.45. The quantitative estimate of drug-likeness (QED) is 0.829. The Balaban J connectivity index is 1.99. The lowest BCUT2D eigenvalue weighted by Gasteiger charge is -2.18. The summed E-state index contributed by atoms with van der Waals surface area (Å²) in [5.74, 6) is -0.694. The number of halogens is 3. The van der Waals surface area contributed by atoms with E-state index in [2.05, 4.69) is 20.8 Å². The molecule has 2 aromatic rings. The molecule has 0 bridgehead atoms. The van der Waals surface area contributed by atoms with E-state index in [4.69, 9.17) is 0 Å². The van der Waals surface area contributed by atoms with Gasteiger partial charge >= 0.3 is 6.18 Å². The first-order valence-corrected chi connectivity index (χ1v) is 6.85. The fourth-order valence-electron chi connectivity index (χ4n) is 2.12. The van der Waals surface area contributed by atoms with Gasteiger partial charge in [-0.3, -0.25) is 20.6 Å². The predicted octanol–water partition coefficient (Wildman–Crippen LogP) is 3.13. The second-order valence-corrected chi connectivity index (χ2v) is 4.95. The van der Waals surface area contributed by atoms with Crippen LogP contribution in [0.5, 0.6) is 0 Å². The van der Waals surface area contributed by atoms with E-state index in [0.29, 0.717) is 5.82 Å². The van der Waals surface area contributed by atoms with E-state index < -0.39 is 23.6 Å². The van der Waals surface area contributed by atoms with E-state index >= 15 is 0 Å². The lowest BCUT2D eigenvalue weighted by Crippen LogP contribution is -2.30. The number of nitrogens with one attached hydrogen (secondary N) is 2. The molecule has 122 valence electrons. The Hall–Kier alpha value is -2.64. The van der Waals surface area contributed by atoms with Crippen LogP contribution in [0.1, 0.15) is 30.4 Å². The average Bonchev–Trinajstić information content (AvgIpc) is 2.53. The van der Waals surface area contributed by atoms with Crippen molar-refractivity contribution in [1.82, 2.24) is 15.4 Å². The molecular formula is C15H15F3N4O. The van der Waals surface area contributed by atoms with E-state index in [9.17, 15) is 18.0 Å². The molecule has 2 rings (SSSR count). The Labute approximate surface area is 130 Å². The third-order valence-corrected chi connectivity index (χ3v) is 3.18. The van der Waals surface area contributed by atoms with Crippen molar-refractivity contribution in [3.63, 3.8) is 0 Å². The van der Waals surface area contributed by atoms with Crippen molar-refractivity contribution in [2.75, 3.05) is 5.43 Å². The van der Waals surface area contributed by atoms with Crippen LogP contribution < -0.4 is 10.9 Å². The lowest BCUT2D eigenvalue weighted by atomic mass is 9.92. The predicted molar refractivity (Wildman–Crippen MR) is 78.3 cm³/mol. The number of rotatable bonds is 5. The second-order valence-electron chi connectivity index (χ2n) is 4.95. The molecule has 8 heteroatoms. The van der Waals surface area contributed by atoms with Crippen molar-refractivity contribution in [1.29, 1.82) is 0 Å². The molecule has 1 aromatic heterocycles. The Bertz CT molecular complexity index is 661. The van der Waals surface area contributed by atoms with Crippen LogP contribution in [0.2, 0.25) is 0 Å². The topological polar surface area (TPSA) is 66.9 Å². The fraction of sp³-hybridized carbons (Fsp3) is 0.267. The van der Waals surface area contributed by atoms with E-state index in [0.717, 1.165) is 6.07 Å². The first kappa shape index (κ1) is 16.7. The molecule has 2 N–H and O–H groups in total. The first-order chi connectivity index (χ1) is 10.9. The first-order valence-electron chi connectivity index (χ1n) is 6.85. The molecule has 0 saturated heterocycles. The van der Waals surface area contributed by atoms with Crippen LogP contribution in [0.4, 0.5) is 19.0 Å². The second kappa shape index (κ2) is 7.08. The zero-order valence-electron chi connectivity index (χ0n) is 12.3. The summed E-state index contributed by atoms with van der Waals surface area (Å²) in [4.78, 5) is 19.6. The van der Waals surface area contributed by atoms with E-state index in [1.165, 1.54) is 36.8 Å². The normalized spacial score (nSPS) is 12.5. The summed E-state index contributed by atoms with van der Waals surface area (Å²) in [6.45, 7) is 1.58. The summed E-state index contributed by atoms with van der Waals surface area (Å²) in [6.07, 6.45) is -0.220. The highest BCUT2D eigenvalue weighted by atomic mass is 19.4. The lowest BCUT2D eigenvalue weighted by molar-refractivity contribution is -0.138. The van der Waals surface area contributed by atoms with E-state index in [1.54, 1.807) is 6.92 Å². The smallest absolute Gasteiger partial charge is 0.281 e. The van der Waals surface area contributed by atoms with Gasteiger partial charge < -0.3 is 0 Å². The maximum atomic E-state index is 13.0. The largest absolute Gasteiger partial charge is 0.416 e. The van der Waals surface area contributed by atoms with Crippen LogP contribution in [0.25, 0.3) is 0 Å². The number of carbonyl (C=O) groups is 1. The highest BCUT2D eigenvalue weighted by molar-refractivity contribution is 5.78. The van der Waals surface area contributed by atoms with Gasteiger partial charge in [0.2, 0.25) is 5.91 Å². The minimum absolute atomic E-state index is 0.0923. The number of benzene rings is 1. The van der Waals surface area contributed by atoms with Gasteiger partial charge in [0.15, 0.2) is 5.82 Å². The molecule has 1 heterocycles. The maximum absolute atomic E-state index is 13.0. The Morgan fingerprint density at radius 3 is 2.65 bits per heavy atom. The molecule has 23 heavy (non-hydrogen) atoms. The summed E-state index contributed by atoms with van der Waals surface area (Å²) in [7, 11) is 0. The average molecular weight is 324 g/mol. The van der Waals surface area contributed by atoms with E-state index in [-0.39, 0.29) is 12.0 Å². The van der Waals surface area contributed by atoms with Gasteiger partial charge in [-0.2, -0.15) is 13.2 Å². The number of amides is 1. The van der Waals surface area contributed by atoms with Crippen molar-refractivity contribution in [2.45, 2.75) is 25.4 Å². The summed E-state index contributed by atoms with van der Waals surface area (Å²) in [5, 5.41) is 0. The maximum Gasteiger partial charge on any atom is 0.416 e. The number of anilines is 1. The third kappa shape index (κ3) is 4.67. The van der Waals surface area contributed by atoms with E-state index in [1.807, 2.05) is 0 Å². The zero-order chi connectivity index (χ0) is 16.9. The summed E-state index contributed by atoms with van der Waals surface area (Å²) in [5.41, 5.74) is 4.31. The minimum Gasteiger partial charge on any atom is -0.281 e. The molecule has 0 radical (unpaired) electrons. The number of alkyl halides is 3. The standard InChI is InChI=1S/C15H15F3N4O/c1-10(11-4-2-3-5-12(11)15(16,17)18)8-14(23)22-21-13-9-19-6-7-20-13/h2-7,9-10H,8H2,1H3,(H,20,21)(H,22,23)/t10-/m1/s1. The number of carbonyl (C=O) groups excluding carboxylic acids is 1. The molecule has 1 aromatic carbocycles. The van der Waals surface area contributed by atoms with Crippen molar-refractivity contribution in [3.05, 3.63) is 54.0 Å². The van der Waals surface area contributed by atoms with Crippen LogP contribution in [0.3, 0.4) is 0 Å². The molecule has 0 spiro atoms. The highest BCUT2D eigenvalue weighted by Gasteiger charge is 2.34. The molecular weight excluding hydrogens is 309 g/mol. The van der Waals surface area contributed by atoms with Gasteiger partial charge in [0.25, 0.3) is 0 Å². The molecule has 0 aliphatic carbocycles. The van der Waals surface area contributed by atoms with Crippen LogP contribution in [0.15, 0.2) is 42.9 Å². The summed E-state index contributed by atoms with van der Waals surface area (Å²) < 4.78 is 39.0. The van der Waals surface area contributed by atoms with Gasteiger partial charge in [-0.15, -0.1) is 0 Å². The monoisotopic (exact) mass is 324 g/mol. The zero-order valence-corrected chi connectivity index (χ0v) is 12.3. The molecule has 0 saturated carbocycles. The molecule has 0 fully saturated rings. The van der Waals surface area contributed by atoms with Gasteiger partial charge in [0.1, 0.15) is 0 Å². The number of hydrogen-bond acceptors (Lipinski definition) is 4. The van der Waals surface area contributed by atoms with Crippen LogP contribution in [-0.2, 0) is 11.0 Å². The number of aromatic nitrogens is 2. The molecule has 5 nitrogen and oxygen atoms in total. The van der Waals surface area contributed by atoms with Gasteiger partial charge in [-0.05, 0) is 17.5 Å². The summed E-state index contributed by atoms with van der Waals surface area (Å²) in [6, 6.07) is 5.25. The number of nitrogens with zero attached hydrogens (tertiary/aromatic N) is 2. The molecule has 0 aliphatic heterocycles. The Kier molecular flexibility index (Phi) is 5.15.